The van der Waals surface area contributed by atoms with Crippen LogP contribution in [0.5, 0.6) is 11.5 Å². The zero-order valence-corrected chi connectivity index (χ0v) is 86.5. The molecule has 4 unspecified atom stereocenters. The molecule has 0 saturated carbocycles. The third kappa shape index (κ3) is 19.4. The van der Waals surface area contributed by atoms with Crippen LogP contribution in [0.4, 0.5) is 0 Å². The number of ether oxygens (including phenoxy) is 2. The van der Waals surface area contributed by atoms with Crippen LogP contribution >= 0.6 is 90.7 Å². The van der Waals surface area contributed by atoms with Crippen LogP contribution in [0.25, 0.3) is 196 Å². The summed E-state index contributed by atoms with van der Waals surface area (Å²) in [5.74, 6) is 6.46. The van der Waals surface area contributed by atoms with E-state index in [0.717, 1.165) is 48.4 Å². The van der Waals surface area contributed by atoms with Crippen molar-refractivity contribution >= 4 is 244 Å². The predicted octanol–water partition coefficient (Wildman–Crippen LogP) is 42.1. The van der Waals surface area contributed by atoms with Gasteiger partial charge in [0, 0.05) is 80.0 Å². The van der Waals surface area contributed by atoms with Crippen LogP contribution in [-0.4, -0.2) is 13.2 Å². The molecule has 0 bridgehead atoms. The predicted molar refractivity (Wildman–Crippen MR) is 606 cm³/mol. The lowest BCUT2D eigenvalue weighted by atomic mass is 9.93. The number of benzene rings is 14. The first-order chi connectivity index (χ1) is 65.4. The Kier molecular flexibility index (Phi) is 28.0. The summed E-state index contributed by atoms with van der Waals surface area (Å²) in [5, 5.41) is 24.4. The SMILES string of the molecule is CC(C)CCCC(C)CCc1ccc(-c2ccc3c(ccc4sc5c(sc6ccc7cc(-c8ccc(CCC(C)CCCC(C)C)cc8)ccc7c65)c43)c2)cc1.CCCCC(CC)COc1ccc2c(ccc3sc4c(sc5ccc6cc(OCC(CC)CCCC)ccc6c54)c32)c1.Cc1ccc(-c2ccc3c(ccc4sc5c(sc6ccc7cc(-c8ccc(C)s8)ccc7c65)c43)c2)s1. The van der Waals surface area contributed by atoms with E-state index in [9.17, 15) is 0 Å². The van der Waals surface area contributed by atoms with Gasteiger partial charge in [-0.2, -0.15) is 0 Å². The summed E-state index contributed by atoms with van der Waals surface area (Å²) >= 11 is 15.4. The smallest absolute Gasteiger partial charge is 0.119 e. The zero-order valence-electron chi connectivity index (χ0n) is 79.9. The summed E-state index contributed by atoms with van der Waals surface area (Å²) in [4.78, 5) is 5.40. The first kappa shape index (κ1) is 91.9. The van der Waals surface area contributed by atoms with Gasteiger partial charge in [-0.15, -0.1) is 90.7 Å². The number of rotatable bonds is 32. The van der Waals surface area contributed by atoms with Crippen molar-refractivity contribution in [2.45, 2.75) is 199 Å². The molecular formula is C124H124O2S8. The molecule has 0 fully saturated rings. The van der Waals surface area contributed by atoms with Crippen LogP contribution in [0.2, 0.25) is 0 Å². The van der Waals surface area contributed by atoms with Crippen LogP contribution in [0, 0.1) is 49.4 Å². The Hall–Kier alpha value is -9.82. The quantitative estimate of drug-likeness (QED) is 0.0418. The highest BCUT2D eigenvalue weighted by Gasteiger charge is 2.24. The van der Waals surface area contributed by atoms with Gasteiger partial charge >= 0.3 is 0 Å². The lowest BCUT2D eigenvalue weighted by Gasteiger charge is -2.16. The van der Waals surface area contributed by atoms with Gasteiger partial charge in [0.05, 0.1) is 41.4 Å². The molecule has 22 rings (SSSR count). The zero-order chi connectivity index (χ0) is 91.8. The number of thiophene rings is 8. The molecule has 134 heavy (non-hydrogen) atoms. The van der Waals surface area contributed by atoms with E-state index < -0.39 is 0 Å². The molecule has 680 valence electrons. The standard InChI is InChI=1S/C54H60S2.C38H44O2S2.C32H20S4/c1-35(2)9-7-11-37(5)13-15-39-17-21-41(22-18-39)43-25-29-47-45(33-43)27-31-49-51(47)53-54(55-49)52-48-30-26-44(34-46(48)28-32-50(52)56-53)42-23-19-40(20-24-42)16-14-38(6)12-8-10-36(3)4;1-5-9-11-25(7-3)23-39-29-15-17-31-27(21-29)13-19-33-35(31)37-38(41-33)36-32-18-16-30(22-28(32)14-20-34(36)42-37)40-24-26(8-4)12-10-6-2;1-17-3-11-25(33-17)21-5-9-23-19(15-21)7-13-27-29(23)31-32(35-27)30-24-10-6-22(26-12-4-18(2)34-26)16-20(24)8-14-28(30)36-31/h17-38H,7-16H2,1-6H3;13-22,25-26H,5-12,23-24H2,1-4H3;3-16H,1-2H3. The summed E-state index contributed by atoms with van der Waals surface area (Å²) in [7, 11) is 0. The first-order valence-electron chi connectivity index (χ1n) is 49.8. The largest absolute Gasteiger partial charge is 0.493 e. The minimum Gasteiger partial charge on any atom is -0.493 e. The molecule has 0 aliphatic carbocycles. The molecule has 22 aromatic rings. The van der Waals surface area contributed by atoms with E-state index in [1.807, 2.05) is 90.7 Å². The fourth-order valence-electron chi connectivity index (χ4n) is 20.5. The van der Waals surface area contributed by atoms with E-state index in [4.69, 9.17) is 9.47 Å². The average molecular weight is 1900 g/mol. The second kappa shape index (κ2) is 40.8. The van der Waals surface area contributed by atoms with E-state index in [-0.39, 0.29) is 0 Å². The second-order valence-corrected chi connectivity index (χ2v) is 48.2. The van der Waals surface area contributed by atoms with E-state index in [2.05, 4.69) is 338 Å². The van der Waals surface area contributed by atoms with Gasteiger partial charge in [-0.25, -0.2) is 0 Å². The Morgan fingerprint density at radius 1 is 0.246 bits per heavy atom. The van der Waals surface area contributed by atoms with E-state index in [1.54, 1.807) is 0 Å². The van der Waals surface area contributed by atoms with Crippen LogP contribution in [0.1, 0.15) is 193 Å². The van der Waals surface area contributed by atoms with Gasteiger partial charge in [0.1, 0.15) is 11.5 Å². The van der Waals surface area contributed by atoms with Crippen LogP contribution in [0.3, 0.4) is 0 Å². The third-order valence-electron chi connectivity index (χ3n) is 28.6. The van der Waals surface area contributed by atoms with Crippen LogP contribution < -0.4 is 9.47 Å². The average Bonchev–Trinajstić information content (AvgIpc) is 1.57. The summed E-state index contributed by atoms with van der Waals surface area (Å²) in [5.41, 5.74) is 10.7. The highest BCUT2D eigenvalue weighted by molar-refractivity contribution is 7.38. The topological polar surface area (TPSA) is 18.5 Å². The number of unbranched alkanes of at least 4 members (excludes halogenated alkanes) is 2. The molecule has 0 aliphatic heterocycles. The van der Waals surface area contributed by atoms with Crippen molar-refractivity contribution in [3.8, 4) is 54.6 Å². The highest BCUT2D eigenvalue weighted by Crippen LogP contribution is 2.54. The van der Waals surface area contributed by atoms with Crippen LogP contribution in [-0.2, 0) is 12.8 Å². The molecule has 8 heterocycles. The number of hydrogen-bond donors (Lipinski definition) is 0. The molecule has 8 aromatic heterocycles. The number of fused-ring (bicyclic) bond motifs is 27. The maximum atomic E-state index is 6.30. The maximum Gasteiger partial charge on any atom is 0.119 e. The van der Waals surface area contributed by atoms with Gasteiger partial charge in [-0.1, -0.05) is 280 Å². The van der Waals surface area contributed by atoms with Gasteiger partial charge < -0.3 is 9.47 Å². The lowest BCUT2D eigenvalue weighted by Crippen LogP contribution is -2.11. The normalized spacial score (nSPS) is 13.1. The molecule has 0 amide bonds. The summed E-state index contributed by atoms with van der Waals surface area (Å²) in [6, 6.07) is 97.0. The van der Waals surface area contributed by atoms with Gasteiger partial charge in [0.15, 0.2) is 0 Å². The van der Waals surface area contributed by atoms with Crippen LogP contribution in [0.15, 0.2) is 255 Å². The monoisotopic (exact) mass is 1900 g/mol. The van der Waals surface area contributed by atoms with Crippen molar-refractivity contribution in [1.29, 1.82) is 0 Å². The lowest BCUT2D eigenvalue weighted by molar-refractivity contribution is 0.233. The third-order valence-corrected chi connectivity index (χ3v) is 38.1. The van der Waals surface area contributed by atoms with E-state index in [0.29, 0.717) is 11.8 Å². The highest BCUT2D eigenvalue weighted by atomic mass is 32.1. The molecular weight excluding hydrogens is 1780 g/mol. The van der Waals surface area contributed by atoms with Crippen molar-refractivity contribution < 1.29 is 9.47 Å². The molecule has 0 N–H and O–H groups in total. The molecule has 4 atom stereocenters. The summed E-state index contributed by atoms with van der Waals surface area (Å²) in [6.45, 7) is 29.2. The Labute approximate surface area is 823 Å². The number of aryl methyl sites for hydroxylation is 4. The van der Waals surface area contributed by atoms with Crippen molar-refractivity contribution in [2.75, 3.05) is 13.2 Å². The Bertz CT molecular complexity index is 7510. The molecule has 0 aliphatic rings. The fraction of sp³-hybridized carbons (Fsp3) is 0.306. The van der Waals surface area contributed by atoms with Crippen molar-refractivity contribution in [1.82, 2.24) is 0 Å². The minimum atomic E-state index is 0.634. The minimum absolute atomic E-state index is 0.634. The van der Waals surface area contributed by atoms with Crippen molar-refractivity contribution in [2.24, 2.45) is 35.5 Å². The molecule has 2 nitrogen and oxygen atoms in total. The van der Waals surface area contributed by atoms with Crippen molar-refractivity contribution in [3.63, 3.8) is 0 Å². The number of hydrogen-bond acceptors (Lipinski definition) is 10. The van der Waals surface area contributed by atoms with Gasteiger partial charge in [-0.3, -0.25) is 0 Å². The van der Waals surface area contributed by atoms with E-state index in [1.165, 1.54) is 333 Å². The maximum absolute atomic E-state index is 6.30. The summed E-state index contributed by atoms with van der Waals surface area (Å²) in [6.07, 6.45) is 22.9. The molecule has 10 heteroatoms. The van der Waals surface area contributed by atoms with Gasteiger partial charge in [-0.05, 0) is 318 Å². The fourth-order valence-corrected chi connectivity index (χ4v) is 30.5. The first-order valence-corrected chi connectivity index (χ1v) is 56.3. The Morgan fingerprint density at radius 2 is 0.530 bits per heavy atom. The Balaban J connectivity index is 0.000000128. The molecule has 0 saturated heterocycles. The van der Waals surface area contributed by atoms with Crippen molar-refractivity contribution in [3.05, 3.63) is 276 Å². The molecule has 14 aromatic carbocycles. The van der Waals surface area contributed by atoms with Gasteiger partial charge in [0.25, 0.3) is 0 Å². The second-order valence-electron chi connectivity index (χ2n) is 39.3. The summed E-state index contributed by atoms with van der Waals surface area (Å²) < 4.78 is 29.4. The van der Waals surface area contributed by atoms with Gasteiger partial charge in [0.2, 0.25) is 0 Å². The molecule has 0 spiro atoms. The van der Waals surface area contributed by atoms with E-state index >= 15 is 0 Å². The Morgan fingerprint density at radius 3 is 0.813 bits per heavy atom. The molecule has 0 radical (unpaired) electrons.